The van der Waals surface area contributed by atoms with Gasteiger partial charge in [0.2, 0.25) is 11.8 Å². The molecule has 4 rings (SSSR count). The van der Waals surface area contributed by atoms with Crippen LogP contribution in [-0.4, -0.2) is 34.2 Å². The number of ether oxygens (including phenoxy) is 1. The van der Waals surface area contributed by atoms with E-state index in [1.54, 1.807) is 24.3 Å². The van der Waals surface area contributed by atoms with Crippen molar-refractivity contribution >= 4 is 29.8 Å². The molecule has 0 aliphatic carbocycles. The number of amides is 1. The monoisotopic (exact) mass is 462 g/mol. The molecule has 0 unspecified atom stereocenters. The van der Waals surface area contributed by atoms with Crippen LogP contribution in [0.3, 0.4) is 0 Å². The zero-order valence-corrected chi connectivity index (χ0v) is 18.9. The van der Waals surface area contributed by atoms with Gasteiger partial charge in [0.25, 0.3) is 5.56 Å². The number of rotatable bonds is 6. The largest absolute Gasteiger partial charge is 0.495 e. The van der Waals surface area contributed by atoms with E-state index >= 15 is 0 Å². The van der Waals surface area contributed by atoms with Gasteiger partial charge in [-0.15, -0.1) is 0 Å². The minimum Gasteiger partial charge on any atom is -0.495 e. The number of carbonyl (C=O) groups is 1. The molecule has 168 valence electrons. The number of H-pyrrole nitrogens is 1. The molecule has 0 atom stereocenters. The Balaban J connectivity index is 1.88. The molecule has 1 aliphatic heterocycles. The lowest BCUT2D eigenvalue weighted by Crippen LogP contribution is -2.25. The standard InChI is InChI=1S/C24H22N4O4S/c1-14(29)25-12-11-16-15-7-3-4-8-18(15)26-19(16)13-17-22(30)27-24(33)28(23(17)31)20-9-5-6-10-21(20)32-2/h3-10,13,31H,11-12H2,1-2H3,(H,25,29)(H,27,30,33)/b19-13-. The number of nitrogens with zero attached hydrogens (tertiary/aromatic N) is 2. The van der Waals surface area contributed by atoms with E-state index in [0.29, 0.717) is 30.1 Å². The highest BCUT2D eigenvalue weighted by atomic mass is 32.1. The first-order valence-corrected chi connectivity index (χ1v) is 10.7. The number of nitrogens with one attached hydrogen (secondary N) is 2. The van der Waals surface area contributed by atoms with Crippen LogP contribution in [-0.2, 0) is 4.79 Å². The molecule has 2 heterocycles. The van der Waals surface area contributed by atoms with Crippen molar-refractivity contribution < 1.29 is 14.6 Å². The number of fused-ring (bicyclic) bond motifs is 1. The van der Waals surface area contributed by atoms with Gasteiger partial charge < -0.3 is 15.2 Å². The molecule has 3 N–H and O–H groups in total. The fourth-order valence-electron chi connectivity index (χ4n) is 3.75. The van der Waals surface area contributed by atoms with Gasteiger partial charge in [0.05, 0.1) is 23.9 Å². The van der Waals surface area contributed by atoms with E-state index in [9.17, 15) is 14.7 Å². The van der Waals surface area contributed by atoms with E-state index in [2.05, 4.69) is 15.3 Å². The van der Waals surface area contributed by atoms with Crippen LogP contribution < -0.4 is 26.2 Å². The maximum Gasteiger partial charge on any atom is 0.262 e. The Kier molecular flexibility index (Phi) is 6.23. The molecular formula is C24H22N4O4S. The van der Waals surface area contributed by atoms with Crippen LogP contribution in [0.4, 0.5) is 0 Å². The van der Waals surface area contributed by atoms with Gasteiger partial charge in [-0.05, 0) is 48.5 Å². The van der Waals surface area contributed by atoms with Gasteiger partial charge in [0, 0.05) is 18.7 Å². The van der Waals surface area contributed by atoms with Gasteiger partial charge in [-0.25, -0.2) is 4.99 Å². The summed E-state index contributed by atoms with van der Waals surface area (Å²) in [6.45, 7) is 1.87. The highest BCUT2D eigenvalue weighted by Gasteiger charge is 2.19. The molecule has 8 nitrogen and oxygen atoms in total. The summed E-state index contributed by atoms with van der Waals surface area (Å²) in [7, 11) is 1.51. The molecule has 3 aromatic rings. The van der Waals surface area contributed by atoms with Gasteiger partial charge in [-0.3, -0.25) is 19.1 Å². The first kappa shape index (κ1) is 22.2. The molecule has 0 radical (unpaired) electrons. The predicted molar refractivity (Wildman–Crippen MR) is 127 cm³/mol. The molecule has 0 saturated heterocycles. The second kappa shape index (κ2) is 9.25. The lowest BCUT2D eigenvalue weighted by Gasteiger charge is -2.14. The molecule has 1 aromatic heterocycles. The number of aromatic amines is 1. The van der Waals surface area contributed by atoms with E-state index in [1.165, 1.54) is 24.7 Å². The third kappa shape index (κ3) is 4.35. The Morgan fingerprint density at radius 2 is 1.97 bits per heavy atom. The molecule has 2 aromatic carbocycles. The maximum absolute atomic E-state index is 12.8. The van der Waals surface area contributed by atoms with Gasteiger partial charge in [0.15, 0.2) is 4.77 Å². The third-order valence-electron chi connectivity index (χ3n) is 5.26. The number of allylic oxidation sites excluding steroid dienone is 1. The maximum atomic E-state index is 12.8. The van der Waals surface area contributed by atoms with Crippen molar-refractivity contribution in [3.05, 3.63) is 85.5 Å². The SMILES string of the molecule is COc1ccccc1-n1c(O)c(/C=C2\N=c3ccccc3=C2CCNC(C)=O)c(=O)[nH]c1=S. The number of para-hydroxylation sites is 3. The van der Waals surface area contributed by atoms with E-state index in [4.69, 9.17) is 17.0 Å². The zero-order chi connectivity index (χ0) is 23.5. The fourth-order valence-corrected chi connectivity index (χ4v) is 4.03. The van der Waals surface area contributed by atoms with Crippen LogP contribution in [0.2, 0.25) is 0 Å². The number of hydrogen-bond acceptors (Lipinski definition) is 6. The van der Waals surface area contributed by atoms with Crippen LogP contribution in [0.25, 0.3) is 17.3 Å². The van der Waals surface area contributed by atoms with E-state index in [0.717, 1.165) is 16.1 Å². The quantitative estimate of drug-likeness (QED) is 0.486. The van der Waals surface area contributed by atoms with Crippen molar-refractivity contribution in [3.8, 4) is 17.3 Å². The second-order valence-electron chi connectivity index (χ2n) is 7.37. The summed E-state index contributed by atoms with van der Waals surface area (Å²) in [5, 5.41) is 15.6. The van der Waals surface area contributed by atoms with E-state index in [1.807, 2.05) is 24.3 Å². The summed E-state index contributed by atoms with van der Waals surface area (Å²) in [5.74, 6) is 0.0283. The molecule has 33 heavy (non-hydrogen) atoms. The lowest BCUT2D eigenvalue weighted by atomic mass is 10.1. The van der Waals surface area contributed by atoms with Gasteiger partial charge in [-0.1, -0.05) is 30.3 Å². The Bertz CT molecular complexity index is 1520. The van der Waals surface area contributed by atoms with Crippen LogP contribution in [0.15, 0.2) is 64.0 Å². The first-order valence-electron chi connectivity index (χ1n) is 10.3. The molecule has 1 aliphatic rings. The number of carbonyl (C=O) groups excluding carboxylic acids is 1. The fraction of sp³-hybridized carbons (Fsp3) is 0.167. The van der Waals surface area contributed by atoms with Crippen LogP contribution in [0.1, 0.15) is 18.9 Å². The molecule has 0 saturated carbocycles. The summed E-state index contributed by atoms with van der Waals surface area (Å²) < 4.78 is 6.77. The summed E-state index contributed by atoms with van der Waals surface area (Å²) in [6.07, 6.45) is 2.05. The first-order chi connectivity index (χ1) is 15.9. The Labute approximate surface area is 194 Å². The molecule has 0 spiro atoms. The smallest absolute Gasteiger partial charge is 0.262 e. The van der Waals surface area contributed by atoms with Gasteiger partial charge in [-0.2, -0.15) is 0 Å². The number of methoxy groups -OCH3 is 1. The molecule has 9 heteroatoms. The van der Waals surface area contributed by atoms with Gasteiger partial charge in [0.1, 0.15) is 11.3 Å². The van der Waals surface area contributed by atoms with Gasteiger partial charge >= 0.3 is 0 Å². The number of aromatic nitrogens is 2. The van der Waals surface area contributed by atoms with Crippen molar-refractivity contribution in [2.75, 3.05) is 13.7 Å². The van der Waals surface area contributed by atoms with Crippen molar-refractivity contribution in [1.29, 1.82) is 0 Å². The zero-order valence-electron chi connectivity index (χ0n) is 18.1. The van der Waals surface area contributed by atoms with Crippen molar-refractivity contribution in [2.24, 2.45) is 4.99 Å². The highest BCUT2D eigenvalue weighted by molar-refractivity contribution is 7.71. The molecular weight excluding hydrogens is 440 g/mol. The summed E-state index contributed by atoms with van der Waals surface area (Å²) in [5.41, 5.74) is 1.36. The third-order valence-corrected chi connectivity index (χ3v) is 5.54. The number of benzene rings is 2. The minimum atomic E-state index is -0.538. The summed E-state index contributed by atoms with van der Waals surface area (Å²) in [6, 6.07) is 14.6. The second-order valence-corrected chi connectivity index (χ2v) is 7.76. The Hall–Kier alpha value is -3.98. The average Bonchev–Trinajstić information content (AvgIpc) is 3.14. The minimum absolute atomic E-state index is 0.0121. The highest BCUT2D eigenvalue weighted by Crippen LogP contribution is 2.29. The summed E-state index contributed by atoms with van der Waals surface area (Å²) in [4.78, 5) is 31.4. The van der Waals surface area contributed by atoms with Crippen molar-refractivity contribution in [1.82, 2.24) is 14.9 Å². The topological polar surface area (TPSA) is 109 Å². The van der Waals surface area contributed by atoms with E-state index < -0.39 is 5.56 Å². The Morgan fingerprint density at radius 1 is 1.24 bits per heavy atom. The van der Waals surface area contributed by atoms with Crippen molar-refractivity contribution in [2.45, 2.75) is 13.3 Å². The molecule has 1 amide bonds. The Morgan fingerprint density at radius 3 is 2.73 bits per heavy atom. The lowest BCUT2D eigenvalue weighted by molar-refractivity contribution is -0.118. The number of hydrogen-bond donors (Lipinski definition) is 3. The van der Waals surface area contributed by atoms with Crippen LogP contribution in [0.5, 0.6) is 11.6 Å². The van der Waals surface area contributed by atoms with Crippen molar-refractivity contribution in [3.63, 3.8) is 0 Å². The number of aromatic hydroxyl groups is 1. The average molecular weight is 463 g/mol. The normalized spacial score (nSPS) is 13.5. The van der Waals surface area contributed by atoms with Crippen LogP contribution in [0, 0.1) is 4.77 Å². The van der Waals surface area contributed by atoms with Crippen LogP contribution >= 0.6 is 12.2 Å². The molecule has 0 fully saturated rings. The van der Waals surface area contributed by atoms with E-state index in [-0.39, 0.29) is 22.1 Å². The predicted octanol–water partition coefficient (Wildman–Crippen LogP) is 1.96. The molecule has 0 bridgehead atoms. The summed E-state index contributed by atoms with van der Waals surface area (Å²) >= 11 is 5.32.